The van der Waals surface area contributed by atoms with Gasteiger partial charge < -0.3 is 9.64 Å². The number of rotatable bonds is 4. The van der Waals surface area contributed by atoms with Crippen molar-refractivity contribution in [2.75, 3.05) is 35.9 Å². The molecule has 1 fully saturated rings. The Balaban J connectivity index is 1.71. The van der Waals surface area contributed by atoms with Crippen LogP contribution < -0.4 is 9.62 Å². The molecule has 0 unspecified atom stereocenters. The highest BCUT2D eigenvalue weighted by molar-refractivity contribution is 7.92. The molecule has 0 radical (unpaired) electrons. The zero-order valence-electron chi connectivity index (χ0n) is 14.6. The van der Waals surface area contributed by atoms with Gasteiger partial charge in [-0.25, -0.2) is 8.42 Å². The second-order valence-corrected chi connectivity index (χ2v) is 8.44. The van der Waals surface area contributed by atoms with Crippen molar-refractivity contribution in [3.63, 3.8) is 0 Å². The van der Waals surface area contributed by atoms with E-state index in [1.54, 1.807) is 30.3 Å². The first-order valence-corrected chi connectivity index (χ1v) is 10.5. The zero-order valence-corrected chi connectivity index (χ0v) is 16.1. The Morgan fingerprint density at radius 3 is 2.44 bits per heavy atom. The van der Waals surface area contributed by atoms with Gasteiger partial charge in [-0.3, -0.25) is 4.72 Å². The Labute approximate surface area is 163 Å². The molecule has 0 spiro atoms. The van der Waals surface area contributed by atoms with Gasteiger partial charge in [-0.05, 0) is 35.0 Å². The molecule has 1 aliphatic rings. The SMILES string of the molecule is O=S(=O)(Nc1cccc(Cl)c1N1CCOCC1)c1ccc2ccccc2c1. The smallest absolute Gasteiger partial charge is 0.261 e. The van der Waals surface area contributed by atoms with Crippen molar-refractivity contribution in [1.29, 1.82) is 0 Å². The number of anilines is 2. The van der Waals surface area contributed by atoms with Gasteiger partial charge in [0, 0.05) is 13.1 Å². The van der Waals surface area contributed by atoms with E-state index in [2.05, 4.69) is 4.72 Å². The Kier molecular flexibility index (Phi) is 4.95. The lowest BCUT2D eigenvalue weighted by atomic mass is 10.1. The van der Waals surface area contributed by atoms with E-state index in [1.807, 2.05) is 35.2 Å². The first-order valence-electron chi connectivity index (χ1n) is 8.67. The van der Waals surface area contributed by atoms with Crippen LogP contribution in [0, 0.1) is 0 Å². The van der Waals surface area contributed by atoms with Gasteiger partial charge in [-0.2, -0.15) is 0 Å². The molecule has 1 aliphatic heterocycles. The summed E-state index contributed by atoms with van der Waals surface area (Å²) in [5, 5.41) is 2.38. The number of sulfonamides is 1. The molecule has 0 atom stereocenters. The van der Waals surface area contributed by atoms with E-state index in [9.17, 15) is 8.42 Å². The van der Waals surface area contributed by atoms with E-state index in [0.717, 1.165) is 10.8 Å². The molecule has 3 aromatic rings. The first-order chi connectivity index (χ1) is 13.0. The Bertz CT molecular complexity index is 1080. The minimum atomic E-state index is -3.75. The number of nitrogens with one attached hydrogen (secondary N) is 1. The van der Waals surface area contributed by atoms with Gasteiger partial charge in [0.1, 0.15) is 0 Å². The number of halogens is 1. The van der Waals surface area contributed by atoms with Crippen LogP contribution in [0.15, 0.2) is 65.6 Å². The summed E-state index contributed by atoms with van der Waals surface area (Å²) in [6, 6.07) is 18.0. The molecule has 0 saturated carbocycles. The van der Waals surface area contributed by atoms with Crippen molar-refractivity contribution in [3.05, 3.63) is 65.7 Å². The molecule has 1 heterocycles. The molecule has 0 amide bonds. The maximum Gasteiger partial charge on any atom is 0.261 e. The summed E-state index contributed by atoms with van der Waals surface area (Å²) in [6.45, 7) is 2.49. The lowest BCUT2D eigenvalue weighted by Crippen LogP contribution is -2.37. The van der Waals surface area contributed by atoms with Crippen molar-refractivity contribution in [1.82, 2.24) is 0 Å². The van der Waals surface area contributed by atoms with Crippen LogP contribution in [0.3, 0.4) is 0 Å². The molecule has 0 aromatic heterocycles. The van der Waals surface area contributed by atoms with Gasteiger partial charge >= 0.3 is 0 Å². The predicted molar refractivity (Wildman–Crippen MR) is 109 cm³/mol. The molecule has 140 valence electrons. The van der Waals surface area contributed by atoms with Gasteiger partial charge in [0.2, 0.25) is 0 Å². The van der Waals surface area contributed by atoms with E-state index in [-0.39, 0.29) is 4.90 Å². The predicted octanol–water partition coefficient (Wildman–Crippen LogP) is 4.13. The summed E-state index contributed by atoms with van der Waals surface area (Å²) in [7, 11) is -3.75. The van der Waals surface area contributed by atoms with Crippen molar-refractivity contribution >= 4 is 43.8 Å². The Morgan fingerprint density at radius 2 is 1.67 bits per heavy atom. The van der Waals surface area contributed by atoms with E-state index < -0.39 is 10.0 Å². The molecule has 4 rings (SSSR count). The number of ether oxygens (including phenoxy) is 1. The van der Waals surface area contributed by atoms with Crippen molar-refractivity contribution in [2.45, 2.75) is 4.90 Å². The summed E-state index contributed by atoms with van der Waals surface area (Å²) < 4.78 is 34.1. The average molecular weight is 403 g/mol. The maximum atomic E-state index is 13.0. The largest absolute Gasteiger partial charge is 0.378 e. The second kappa shape index (κ2) is 7.38. The summed E-state index contributed by atoms with van der Waals surface area (Å²) in [5.74, 6) is 0. The highest BCUT2D eigenvalue weighted by atomic mass is 35.5. The molecule has 0 aliphatic carbocycles. The third kappa shape index (κ3) is 3.74. The standard InChI is InChI=1S/C20H19ClN2O3S/c21-18-6-3-7-19(20(18)23-10-12-26-13-11-23)22-27(24,25)17-9-8-15-4-1-2-5-16(15)14-17/h1-9,14,22H,10-13H2. The number of fused-ring (bicyclic) bond motifs is 1. The molecule has 0 bridgehead atoms. The molecule has 1 saturated heterocycles. The molecular weight excluding hydrogens is 384 g/mol. The van der Waals surface area contributed by atoms with Crippen LogP contribution in [0.1, 0.15) is 0 Å². The van der Waals surface area contributed by atoms with Crippen molar-refractivity contribution in [2.24, 2.45) is 0 Å². The Morgan fingerprint density at radius 1 is 0.926 bits per heavy atom. The van der Waals surface area contributed by atoms with Gasteiger partial charge in [-0.1, -0.05) is 48.0 Å². The zero-order chi connectivity index (χ0) is 18.9. The fourth-order valence-electron chi connectivity index (χ4n) is 3.24. The molecule has 3 aromatic carbocycles. The van der Waals surface area contributed by atoms with E-state index in [4.69, 9.17) is 16.3 Å². The van der Waals surface area contributed by atoms with Gasteiger partial charge in [0.05, 0.1) is 34.5 Å². The number of para-hydroxylation sites is 1. The lowest BCUT2D eigenvalue weighted by Gasteiger charge is -2.31. The van der Waals surface area contributed by atoms with E-state index in [1.165, 1.54) is 0 Å². The summed E-state index contributed by atoms with van der Waals surface area (Å²) in [5.41, 5.74) is 1.16. The monoisotopic (exact) mass is 402 g/mol. The van der Waals surface area contributed by atoms with E-state index >= 15 is 0 Å². The van der Waals surface area contributed by atoms with Crippen LogP contribution in [0.4, 0.5) is 11.4 Å². The minimum absolute atomic E-state index is 0.217. The van der Waals surface area contributed by atoms with Crippen LogP contribution >= 0.6 is 11.6 Å². The van der Waals surface area contributed by atoms with Gasteiger partial charge in [-0.15, -0.1) is 0 Å². The van der Waals surface area contributed by atoms with Crippen molar-refractivity contribution in [3.8, 4) is 0 Å². The van der Waals surface area contributed by atoms with Crippen LogP contribution in [0.2, 0.25) is 5.02 Å². The van der Waals surface area contributed by atoms with Crippen LogP contribution in [-0.4, -0.2) is 34.7 Å². The summed E-state index contributed by atoms with van der Waals surface area (Å²) in [6.07, 6.45) is 0. The molecule has 5 nitrogen and oxygen atoms in total. The lowest BCUT2D eigenvalue weighted by molar-refractivity contribution is 0.123. The number of benzene rings is 3. The molecule has 1 N–H and O–H groups in total. The first kappa shape index (κ1) is 18.1. The third-order valence-corrected chi connectivity index (χ3v) is 6.26. The van der Waals surface area contributed by atoms with Gasteiger partial charge in [0.15, 0.2) is 0 Å². The number of nitrogens with zero attached hydrogens (tertiary/aromatic N) is 1. The van der Waals surface area contributed by atoms with Crippen LogP contribution in [-0.2, 0) is 14.8 Å². The second-order valence-electron chi connectivity index (χ2n) is 6.35. The molecule has 7 heteroatoms. The number of morpholine rings is 1. The highest BCUT2D eigenvalue weighted by Crippen LogP contribution is 2.35. The molecule has 27 heavy (non-hydrogen) atoms. The fraction of sp³-hybridized carbons (Fsp3) is 0.200. The van der Waals surface area contributed by atoms with Crippen LogP contribution in [0.25, 0.3) is 10.8 Å². The molecular formula is C20H19ClN2O3S. The summed E-state index contributed by atoms with van der Waals surface area (Å²) >= 11 is 6.40. The summed E-state index contributed by atoms with van der Waals surface area (Å²) in [4.78, 5) is 2.26. The maximum absolute atomic E-state index is 13.0. The number of hydrogen-bond donors (Lipinski definition) is 1. The topological polar surface area (TPSA) is 58.6 Å². The number of hydrogen-bond acceptors (Lipinski definition) is 4. The van der Waals surface area contributed by atoms with Crippen molar-refractivity contribution < 1.29 is 13.2 Å². The third-order valence-electron chi connectivity index (χ3n) is 4.59. The normalized spacial score (nSPS) is 15.1. The fourth-order valence-corrected chi connectivity index (χ4v) is 4.64. The average Bonchev–Trinajstić information content (AvgIpc) is 2.68. The van der Waals surface area contributed by atoms with E-state index in [0.29, 0.717) is 42.7 Å². The quantitative estimate of drug-likeness (QED) is 0.712. The minimum Gasteiger partial charge on any atom is -0.378 e. The van der Waals surface area contributed by atoms with Gasteiger partial charge in [0.25, 0.3) is 10.0 Å². The Hall–Kier alpha value is -2.28. The highest BCUT2D eigenvalue weighted by Gasteiger charge is 2.22. The van der Waals surface area contributed by atoms with Crippen LogP contribution in [0.5, 0.6) is 0 Å².